The predicted molar refractivity (Wildman–Crippen MR) is 103 cm³/mol. The summed E-state index contributed by atoms with van der Waals surface area (Å²) < 4.78 is 39.3. The van der Waals surface area contributed by atoms with E-state index in [1.165, 1.54) is 18.2 Å². The Morgan fingerprint density at radius 1 is 1.00 bits per heavy atom. The molecule has 0 aliphatic carbocycles. The summed E-state index contributed by atoms with van der Waals surface area (Å²) in [7, 11) is 0. The Balaban J connectivity index is 1.75. The van der Waals surface area contributed by atoms with Gasteiger partial charge >= 0.3 is 6.18 Å². The molecule has 0 aliphatic rings. The molecule has 0 amide bonds. The quantitative estimate of drug-likeness (QED) is 0.516. The Kier molecular flexibility index (Phi) is 4.75. The van der Waals surface area contributed by atoms with Crippen molar-refractivity contribution in [2.45, 2.75) is 12.6 Å². The van der Waals surface area contributed by atoms with Gasteiger partial charge in [-0.25, -0.2) is 0 Å². The van der Waals surface area contributed by atoms with E-state index in [1.807, 2.05) is 30.3 Å². The molecule has 2 heterocycles. The monoisotopic (exact) mass is 415 g/mol. The lowest BCUT2D eigenvalue weighted by Gasteiger charge is -2.05. The summed E-state index contributed by atoms with van der Waals surface area (Å²) in [5, 5.41) is 4.15. The van der Waals surface area contributed by atoms with Gasteiger partial charge in [0.15, 0.2) is 0 Å². The zero-order chi connectivity index (χ0) is 20.6. The van der Waals surface area contributed by atoms with Gasteiger partial charge in [-0.05, 0) is 29.3 Å². The highest BCUT2D eigenvalue weighted by Gasteiger charge is 2.29. The predicted octanol–water partition coefficient (Wildman–Crippen LogP) is 2.67. The molecular weight excluding hydrogens is 403 g/mol. The number of hydrogen-bond donors (Lipinski definition) is 0. The van der Waals surface area contributed by atoms with Crippen molar-refractivity contribution in [2.75, 3.05) is 0 Å². The third-order valence-corrected chi connectivity index (χ3v) is 5.16. The van der Waals surface area contributed by atoms with Gasteiger partial charge in [0.1, 0.15) is 5.69 Å². The number of benzene rings is 2. The molecule has 0 aliphatic heterocycles. The molecule has 0 fully saturated rings. The van der Waals surface area contributed by atoms with E-state index in [-0.39, 0.29) is 21.6 Å². The molecule has 0 saturated carbocycles. The molecule has 0 spiro atoms. The van der Waals surface area contributed by atoms with Crippen LogP contribution in [-0.2, 0) is 12.6 Å². The fourth-order valence-corrected chi connectivity index (χ4v) is 3.67. The van der Waals surface area contributed by atoms with Crippen molar-refractivity contribution in [2.24, 2.45) is 0 Å². The zero-order valence-electron chi connectivity index (χ0n) is 14.7. The molecule has 2 aromatic heterocycles. The first-order valence-electron chi connectivity index (χ1n) is 8.47. The normalized spacial score (nSPS) is 12.6. The topological polar surface area (TPSA) is 64.3 Å². The van der Waals surface area contributed by atoms with E-state index in [1.54, 1.807) is 0 Å². The minimum atomic E-state index is -4.43. The molecule has 2 aromatic carbocycles. The fourth-order valence-electron chi connectivity index (χ4n) is 2.76. The minimum Gasteiger partial charge on any atom is -0.266 e. The van der Waals surface area contributed by atoms with Crippen molar-refractivity contribution in [1.29, 1.82) is 0 Å². The van der Waals surface area contributed by atoms with Gasteiger partial charge in [-0.2, -0.15) is 27.8 Å². The van der Waals surface area contributed by atoms with Gasteiger partial charge in [-0.3, -0.25) is 9.59 Å². The first-order valence-corrected chi connectivity index (χ1v) is 9.28. The van der Waals surface area contributed by atoms with E-state index in [4.69, 9.17) is 0 Å². The number of rotatable bonds is 3. The van der Waals surface area contributed by atoms with Crippen molar-refractivity contribution >= 4 is 22.4 Å². The van der Waals surface area contributed by atoms with Crippen molar-refractivity contribution in [3.8, 4) is 0 Å². The summed E-state index contributed by atoms with van der Waals surface area (Å²) in [6.07, 6.45) is -2.74. The summed E-state index contributed by atoms with van der Waals surface area (Å²) in [5.41, 5.74) is -0.340. The second-order valence-electron chi connectivity index (χ2n) is 6.26. The number of fused-ring (bicyclic) bond motifs is 1. The average Bonchev–Trinajstić information content (AvgIpc) is 2.97. The van der Waals surface area contributed by atoms with E-state index in [0.717, 1.165) is 33.5 Å². The van der Waals surface area contributed by atoms with Crippen molar-refractivity contribution in [3.63, 3.8) is 0 Å². The van der Waals surface area contributed by atoms with Gasteiger partial charge in [0.05, 0.1) is 10.1 Å². The van der Waals surface area contributed by atoms with Crippen LogP contribution in [0.15, 0.2) is 64.2 Å². The molecule has 9 heteroatoms. The molecule has 0 radical (unpaired) electrons. The van der Waals surface area contributed by atoms with Crippen molar-refractivity contribution in [1.82, 2.24) is 14.6 Å². The Morgan fingerprint density at radius 3 is 2.34 bits per heavy atom. The van der Waals surface area contributed by atoms with E-state index in [0.29, 0.717) is 5.56 Å². The molecule has 0 N–H and O–H groups in total. The third kappa shape index (κ3) is 3.95. The smallest absolute Gasteiger partial charge is 0.266 e. The van der Waals surface area contributed by atoms with E-state index in [9.17, 15) is 22.8 Å². The summed E-state index contributed by atoms with van der Waals surface area (Å²) in [6.45, 7) is 0. The molecule has 146 valence electrons. The first-order chi connectivity index (χ1) is 13.8. The highest BCUT2D eigenvalue weighted by atomic mass is 32.1. The minimum absolute atomic E-state index is 0.134. The molecule has 4 rings (SSSR count). The lowest BCUT2D eigenvalue weighted by molar-refractivity contribution is -0.137. The van der Waals surface area contributed by atoms with Gasteiger partial charge in [0.25, 0.3) is 11.1 Å². The molecule has 0 saturated heterocycles. The van der Waals surface area contributed by atoms with Crippen LogP contribution < -0.4 is 15.7 Å². The van der Waals surface area contributed by atoms with Gasteiger partial charge in [-0.1, -0.05) is 53.8 Å². The summed E-state index contributed by atoms with van der Waals surface area (Å²) in [5.74, 6) is 0. The molecule has 0 atom stereocenters. The zero-order valence-corrected chi connectivity index (χ0v) is 15.5. The van der Waals surface area contributed by atoms with Crippen LogP contribution in [0.1, 0.15) is 22.4 Å². The average molecular weight is 415 g/mol. The van der Waals surface area contributed by atoms with Crippen molar-refractivity contribution < 1.29 is 13.2 Å². The van der Waals surface area contributed by atoms with Crippen LogP contribution in [0.3, 0.4) is 0 Å². The van der Waals surface area contributed by atoms with E-state index in [2.05, 4.69) is 10.1 Å². The van der Waals surface area contributed by atoms with Crippen LogP contribution in [0, 0.1) is 0 Å². The van der Waals surface area contributed by atoms with Crippen LogP contribution in [0.4, 0.5) is 13.2 Å². The first kappa shape index (κ1) is 19.0. The van der Waals surface area contributed by atoms with Gasteiger partial charge in [0.2, 0.25) is 4.96 Å². The SMILES string of the molecule is O=c1nc2s/c(=C\c3ccc(C(F)(F)F)cc3)c(=O)n2nc1Cc1ccccc1. The Hall–Kier alpha value is -3.33. The second-order valence-corrected chi connectivity index (χ2v) is 7.27. The summed E-state index contributed by atoms with van der Waals surface area (Å²) >= 11 is 0.957. The van der Waals surface area contributed by atoms with Gasteiger partial charge < -0.3 is 0 Å². The largest absolute Gasteiger partial charge is 0.416 e. The molecule has 0 bridgehead atoms. The van der Waals surface area contributed by atoms with E-state index < -0.39 is 22.9 Å². The third-order valence-electron chi connectivity index (χ3n) is 4.20. The molecule has 0 unspecified atom stereocenters. The van der Waals surface area contributed by atoms with Crippen LogP contribution in [0.5, 0.6) is 0 Å². The van der Waals surface area contributed by atoms with Gasteiger partial charge in [0, 0.05) is 6.42 Å². The Morgan fingerprint density at radius 2 is 1.69 bits per heavy atom. The number of halogens is 3. The van der Waals surface area contributed by atoms with Crippen molar-refractivity contribution in [3.05, 3.63) is 102 Å². The molecule has 5 nitrogen and oxygen atoms in total. The highest BCUT2D eigenvalue weighted by Crippen LogP contribution is 2.29. The lowest BCUT2D eigenvalue weighted by atomic mass is 10.1. The molecular formula is C20H12F3N3O2S. The second kappa shape index (κ2) is 7.25. The van der Waals surface area contributed by atoms with Crippen LogP contribution in [0.2, 0.25) is 0 Å². The number of hydrogen-bond acceptors (Lipinski definition) is 5. The summed E-state index contributed by atoms with van der Waals surface area (Å²) in [6, 6.07) is 13.6. The maximum Gasteiger partial charge on any atom is 0.416 e. The number of aromatic nitrogens is 3. The number of nitrogens with zero attached hydrogens (tertiary/aromatic N) is 3. The standard InChI is InChI=1S/C20H12F3N3O2S/c21-20(22,23)14-8-6-13(7-9-14)11-16-18(28)26-19(29-16)24-17(27)15(25-26)10-12-4-2-1-3-5-12/h1-9,11H,10H2/b16-11-. The van der Waals surface area contributed by atoms with Gasteiger partial charge in [-0.15, -0.1) is 0 Å². The maximum atomic E-state index is 12.7. The van der Waals surface area contributed by atoms with E-state index >= 15 is 0 Å². The Bertz CT molecular complexity index is 1340. The molecule has 4 aromatic rings. The summed E-state index contributed by atoms with van der Waals surface area (Å²) in [4.78, 5) is 29.0. The van der Waals surface area contributed by atoms with Crippen LogP contribution in [0.25, 0.3) is 11.0 Å². The number of alkyl halides is 3. The highest BCUT2D eigenvalue weighted by molar-refractivity contribution is 7.15. The van der Waals surface area contributed by atoms with Crippen LogP contribution in [-0.4, -0.2) is 14.6 Å². The maximum absolute atomic E-state index is 12.7. The number of thiazole rings is 1. The fraction of sp³-hybridized carbons (Fsp3) is 0.100. The van der Waals surface area contributed by atoms with Crippen LogP contribution >= 0.6 is 11.3 Å². The molecule has 29 heavy (non-hydrogen) atoms. The lowest BCUT2D eigenvalue weighted by Crippen LogP contribution is -2.28. The Labute approximate surface area is 165 Å².